The molecule has 0 fully saturated rings. The average molecular weight is 175 g/mol. The Balaban J connectivity index is 0. The molecule has 12 heavy (non-hydrogen) atoms. The normalized spacial score (nSPS) is 11.4. The van der Waals surface area contributed by atoms with E-state index >= 15 is 0 Å². The number of hydrogen-bond acceptors (Lipinski definition) is 5. The second kappa shape index (κ2) is 6.60. The molecule has 0 aromatic carbocycles. The zero-order valence-corrected chi connectivity index (χ0v) is 7.37. The van der Waals surface area contributed by atoms with Gasteiger partial charge in [0.25, 0.3) is 0 Å². The molecule has 0 bridgehead atoms. The van der Waals surface area contributed by atoms with E-state index < -0.39 is 18.0 Å². The van der Waals surface area contributed by atoms with Crippen molar-refractivity contribution in [1.29, 1.82) is 0 Å². The summed E-state index contributed by atoms with van der Waals surface area (Å²) in [5.41, 5.74) is 5.10. The summed E-state index contributed by atoms with van der Waals surface area (Å²) in [6, 6.07) is -0.824. The predicted molar refractivity (Wildman–Crippen MR) is 38.5 cm³/mol. The van der Waals surface area contributed by atoms with Gasteiger partial charge in [-0.3, -0.25) is 0 Å². The Hall–Kier alpha value is -1.10. The van der Waals surface area contributed by atoms with E-state index in [1.165, 1.54) is 0 Å². The van der Waals surface area contributed by atoms with Gasteiger partial charge in [-0.25, -0.2) is 0 Å². The predicted octanol–water partition coefficient (Wildman–Crippen LogP) is -2.52. The van der Waals surface area contributed by atoms with E-state index in [0.717, 1.165) is 6.92 Å². The molecule has 0 rings (SSSR count). The molecule has 0 radical (unpaired) electrons. The van der Waals surface area contributed by atoms with Crippen LogP contribution in [0.4, 0.5) is 0 Å². The lowest BCUT2D eigenvalue weighted by molar-refractivity contribution is -0.308. The van der Waals surface area contributed by atoms with E-state index in [2.05, 4.69) is 0 Å². The molecule has 1 unspecified atom stereocenters. The lowest BCUT2D eigenvalue weighted by atomic mass is 10.1. The second-order valence-electron chi connectivity index (χ2n) is 2.58. The highest BCUT2D eigenvalue weighted by molar-refractivity contribution is 5.71. The highest BCUT2D eigenvalue weighted by Crippen LogP contribution is 1.94. The second-order valence-corrected chi connectivity index (χ2v) is 2.58. The van der Waals surface area contributed by atoms with Crippen LogP contribution < -0.4 is 15.9 Å². The van der Waals surface area contributed by atoms with E-state index in [1.807, 2.05) is 0 Å². The maximum absolute atomic E-state index is 9.90. The number of carbonyl (C=O) groups is 2. The van der Waals surface area contributed by atoms with Crippen LogP contribution >= 0.6 is 0 Å². The number of carboxylic acids is 2. The first-order valence-corrected chi connectivity index (χ1v) is 3.43. The maximum Gasteiger partial charge on any atom is 0.0584 e. The van der Waals surface area contributed by atoms with Crippen LogP contribution in [-0.4, -0.2) is 18.0 Å². The van der Waals surface area contributed by atoms with Crippen LogP contribution in [0, 0.1) is 5.92 Å². The molecule has 0 saturated heterocycles. The molecule has 0 heterocycles. The Morgan fingerprint density at radius 3 is 1.50 bits per heavy atom. The van der Waals surface area contributed by atoms with Gasteiger partial charge in [0.15, 0.2) is 0 Å². The molecular formula is C7H13NO4-2. The summed E-state index contributed by atoms with van der Waals surface area (Å²) in [6.07, 6.45) is 0. The molecule has 5 nitrogen and oxygen atoms in total. The minimum atomic E-state index is -1.18. The Morgan fingerprint density at radius 2 is 1.50 bits per heavy atom. The first-order chi connectivity index (χ1) is 5.29. The lowest BCUT2D eigenvalue weighted by Gasteiger charge is -2.15. The first-order valence-electron chi connectivity index (χ1n) is 3.43. The van der Waals surface area contributed by atoms with Gasteiger partial charge in [-0.1, -0.05) is 13.8 Å². The minimum absolute atomic E-state index is 0.0417. The van der Waals surface area contributed by atoms with Gasteiger partial charge < -0.3 is 25.5 Å². The Kier molecular flexibility index (Phi) is 7.42. The molecule has 72 valence electrons. The minimum Gasteiger partial charge on any atom is -0.550 e. The SMILES string of the molecule is CC(=O)[O-].CC(C)C(N)C(=O)[O-]. The van der Waals surface area contributed by atoms with Gasteiger partial charge in [-0.05, 0) is 12.8 Å². The van der Waals surface area contributed by atoms with Gasteiger partial charge in [0.05, 0.1) is 5.97 Å². The maximum atomic E-state index is 9.90. The van der Waals surface area contributed by atoms with E-state index in [0.29, 0.717) is 0 Å². The van der Waals surface area contributed by atoms with Crippen LogP contribution in [0.1, 0.15) is 20.8 Å². The summed E-state index contributed by atoms with van der Waals surface area (Å²) >= 11 is 0. The van der Waals surface area contributed by atoms with Gasteiger partial charge in [-0.2, -0.15) is 0 Å². The first kappa shape index (κ1) is 13.5. The third-order valence-electron chi connectivity index (χ3n) is 0.990. The Labute approximate surface area is 71.2 Å². The Morgan fingerprint density at radius 1 is 1.25 bits per heavy atom. The van der Waals surface area contributed by atoms with Crippen molar-refractivity contribution in [2.45, 2.75) is 26.8 Å². The van der Waals surface area contributed by atoms with Crippen LogP contribution in [0.25, 0.3) is 0 Å². The molecule has 0 aliphatic heterocycles. The molecular weight excluding hydrogens is 162 g/mol. The number of hydrogen-bond donors (Lipinski definition) is 1. The van der Waals surface area contributed by atoms with Crippen LogP contribution in [0.5, 0.6) is 0 Å². The molecule has 2 N–H and O–H groups in total. The fraction of sp³-hybridized carbons (Fsp3) is 0.714. The van der Waals surface area contributed by atoms with Crippen molar-refractivity contribution in [1.82, 2.24) is 0 Å². The topological polar surface area (TPSA) is 106 Å². The number of carbonyl (C=O) groups excluding carboxylic acids is 2. The van der Waals surface area contributed by atoms with E-state index in [4.69, 9.17) is 15.6 Å². The highest BCUT2D eigenvalue weighted by atomic mass is 16.4. The molecule has 0 aromatic rings. The number of carboxylic acid groups (broad SMARTS) is 2. The van der Waals surface area contributed by atoms with Gasteiger partial charge in [0.2, 0.25) is 0 Å². The van der Waals surface area contributed by atoms with Crippen molar-refractivity contribution < 1.29 is 19.8 Å². The van der Waals surface area contributed by atoms with E-state index in [1.54, 1.807) is 13.8 Å². The van der Waals surface area contributed by atoms with Crippen LogP contribution in [0.15, 0.2) is 0 Å². The van der Waals surface area contributed by atoms with Crippen molar-refractivity contribution in [3.8, 4) is 0 Å². The summed E-state index contributed by atoms with van der Waals surface area (Å²) in [7, 11) is 0. The molecule has 0 saturated carbocycles. The van der Waals surface area contributed by atoms with Crippen molar-refractivity contribution in [3.63, 3.8) is 0 Å². The molecule has 0 aromatic heterocycles. The van der Waals surface area contributed by atoms with Gasteiger partial charge in [0, 0.05) is 12.0 Å². The molecule has 1 atom stereocenters. The molecule has 5 heteroatoms. The summed E-state index contributed by atoms with van der Waals surface area (Å²) < 4.78 is 0. The standard InChI is InChI=1S/C5H11NO2.C2H4O2/c1-3(2)4(6)5(7)8;1-2(3)4/h3-4H,6H2,1-2H3,(H,7,8);1H3,(H,3,4)/p-2. The van der Waals surface area contributed by atoms with Crippen LogP contribution in [-0.2, 0) is 9.59 Å². The molecule has 0 spiro atoms. The molecule has 0 amide bonds. The largest absolute Gasteiger partial charge is 0.550 e. The van der Waals surface area contributed by atoms with Gasteiger partial charge >= 0.3 is 0 Å². The summed E-state index contributed by atoms with van der Waals surface area (Å²) in [5.74, 6) is -2.31. The van der Waals surface area contributed by atoms with Crippen LogP contribution in [0.3, 0.4) is 0 Å². The van der Waals surface area contributed by atoms with E-state index in [9.17, 15) is 9.90 Å². The third kappa shape index (κ3) is 11.7. The Bertz CT molecular complexity index is 151. The van der Waals surface area contributed by atoms with Gasteiger partial charge in [-0.15, -0.1) is 0 Å². The van der Waals surface area contributed by atoms with E-state index in [-0.39, 0.29) is 5.92 Å². The zero-order valence-electron chi connectivity index (χ0n) is 7.37. The molecule has 0 aliphatic rings. The smallest absolute Gasteiger partial charge is 0.0584 e. The van der Waals surface area contributed by atoms with Crippen molar-refractivity contribution in [2.24, 2.45) is 11.7 Å². The fourth-order valence-electron chi connectivity index (χ4n) is 0.272. The average Bonchev–Trinajstić information content (AvgIpc) is 1.84. The quantitative estimate of drug-likeness (QED) is 0.498. The van der Waals surface area contributed by atoms with Crippen molar-refractivity contribution in [3.05, 3.63) is 0 Å². The zero-order chi connectivity index (χ0) is 10.3. The van der Waals surface area contributed by atoms with Crippen molar-refractivity contribution in [2.75, 3.05) is 0 Å². The number of nitrogens with two attached hydrogens (primary N) is 1. The van der Waals surface area contributed by atoms with Crippen LogP contribution in [0.2, 0.25) is 0 Å². The summed E-state index contributed by atoms with van der Waals surface area (Å²) in [6.45, 7) is 4.45. The lowest BCUT2D eigenvalue weighted by Crippen LogP contribution is -2.45. The third-order valence-corrected chi connectivity index (χ3v) is 0.990. The fourth-order valence-corrected chi connectivity index (χ4v) is 0.272. The van der Waals surface area contributed by atoms with Crippen molar-refractivity contribution >= 4 is 11.9 Å². The summed E-state index contributed by atoms with van der Waals surface area (Å²) in [4.78, 5) is 18.8. The molecule has 0 aliphatic carbocycles. The van der Waals surface area contributed by atoms with Gasteiger partial charge in [0.1, 0.15) is 0 Å². The summed E-state index contributed by atoms with van der Waals surface area (Å²) in [5, 5.41) is 18.8. The number of aliphatic carboxylic acids is 2. The highest BCUT2D eigenvalue weighted by Gasteiger charge is 2.06. The number of rotatable bonds is 2. The monoisotopic (exact) mass is 175 g/mol.